The molecule has 0 fully saturated rings. The van der Waals surface area contributed by atoms with Gasteiger partial charge in [0.2, 0.25) is 0 Å². The summed E-state index contributed by atoms with van der Waals surface area (Å²) in [4.78, 5) is 30.0. The molecule has 1 N–H and O–H groups in total. The first-order valence-electron chi connectivity index (χ1n) is 5.94. The highest BCUT2D eigenvalue weighted by atomic mass is 16.5. The minimum Gasteiger partial charge on any atom is -0.476 e. The van der Waals surface area contributed by atoms with Crippen molar-refractivity contribution in [2.45, 2.75) is 6.42 Å². The number of esters is 1. The Kier molecular flexibility index (Phi) is 4.39. The summed E-state index contributed by atoms with van der Waals surface area (Å²) in [6, 6.07) is 9.51. The molecule has 6 heteroatoms. The van der Waals surface area contributed by atoms with Crippen molar-refractivity contribution in [1.29, 1.82) is 0 Å². The number of aromatic nitrogens is 2. The van der Waals surface area contributed by atoms with Gasteiger partial charge in [-0.25, -0.2) is 19.6 Å². The van der Waals surface area contributed by atoms with Crippen LogP contribution in [-0.2, 0) is 11.2 Å². The number of rotatable bonds is 5. The van der Waals surface area contributed by atoms with Gasteiger partial charge in [0, 0.05) is 18.8 Å². The van der Waals surface area contributed by atoms with Gasteiger partial charge in [0.25, 0.3) is 0 Å². The first-order valence-corrected chi connectivity index (χ1v) is 5.94. The fourth-order valence-corrected chi connectivity index (χ4v) is 1.62. The summed E-state index contributed by atoms with van der Waals surface area (Å²) in [6.45, 7) is 0.151. The monoisotopic (exact) mass is 272 g/mol. The van der Waals surface area contributed by atoms with Crippen LogP contribution in [0.1, 0.15) is 26.5 Å². The number of carbonyl (C=O) groups is 2. The number of aromatic carboxylic acids is 1. The molecule has 0 aliphatic carbocycles. The molecule has 6 nitrogen and oxygen atoms in total. The van der Waals surface area contributed by atoms with Crippen LogP contribution < -0.4 is 0 Å². The van der Waals surface area contributed by atoms with Gasteiger partial charge in [-0.05, 0) is 5.56 Å². The Balaban J connectivity index is 1.97. The van der Waals surface area contributed by atoms with Crippen molar-refractivity contribution in [2.75, 3.05) is 6.61 Å². The predicted octanol–water partition coefficient (Wildman–Crippen LogP) is 1.57. The zero-order valence-corrected chi connectivity index (χ0v) is 10.5. The van der Waals surface area contributed by atoms with Crippen LogP contribution in [0.2, 0.25) is 0 Å². The number of carboxylic acids is 1. The fraction of sp³-hybridized carbons (Fsp3) is 0.143. The van der Waals surface area contributed by atoms with Crippen LogP contribution in [-0.4, -0.2) is 33.6 Å². The van der Waals surface area contributed by atoms with Crippen molar-refractivity contribution in [3.8, 4) is 0 Å². The van der Waals surface area contributed by atoms with E-state index in [1.54, 1.807) is 0 Å². The van der Waals surface area contributed by atoms with E-state index in [2.05, 4.69) is 9.97 Å². The third-order valence-electron chi connectivity index (χ3n) is 2.56. The van der Waals surface area contributed by atoms with Gasteiger partial charge in [0.15, 0.2) is 11.4 Å². The third-order valence-corrected chi connectivity index (χ3v) is 2.56. The summed E-state index contributed by atoms with van der Waals surface area (Å²) in [5, 5.41) is 8.91. The van der Waals surface area contributed by atoms with Crippen LogP contribution in [0.4, 0.5) is 0 Å². The lowest BCUT2D eigenvalue weighted by molar-refractivity contribution is 0.0489. The van der Waals surface area contributed by atoms with E-state index in [0.29, 0.717) is 6.42 Å². The molecule has 0 unspecified atom stereocenters. The molecule has 0 amide bonds. The maximum atomic E-state index is 11.8. The normalized spacial score (nSPS) is 10.0. The molecule has 2 aromatic rings. The van der Waals surface area contributed by atoms with Gasteiger partial charge in [-0.2, -0.15) is 0 Å². The average Bonchev–Trinajstić information content (AvgIpc) is 2.48. The van der Waals surface area contributed by atoms with Crippen LogP contribution in [0, 0.1) is 0 Å². The Bertz CT molecular complexity index is 614. The molecule has 0 aliphatic heterocycles. The Morgan fingerprint density at radius 2 is 1.70 bits per heavy atom. The Morgan fingerprint density at radius 1 is 1.05 bits per heavy atom. The molecule has 1 aromatic carbocycles. The van der Waals surface area contributed by atoms with Gasteiger partial charge in [-0.15, -0.1) is 0 Å². The molecule has 0 saturated heterocycles. The predicted molar refractivity (Wildman–Crippen MR) is 69.4 cm³/mol. The van der Waals surface area contributed by atoms with Crippen molar-refractivity contribution in [3.63, 3.8) is 0 Å². The molecule has 0 saturated carbocycles. The molecule has 0 spiro atoms. The number of benzene rings is 1. The smallest absolute Gasteiger partial charge is 0.359 e. The lowest BCUT2D eigenvalue weighted by Gasteiger charge is -2.05. The topological polar surface area (TPSA) is 89.4 Å². The maximum Gasteiger partial charge on any atom is 0.359 e. The summed E-state index contributed by atoms with van der Waals surface area (Å²) in [6.07, 6.45) is 3.01. The zero-order chi connectivity index (χ0) is 14.4. The second kappa shape index (κ2) is 6.42. The molecule has 0 atom stereocenters. The lowest BCUT2D eigenvalue weighted by atomic mass is 10.2. The first kappa shape index (κ1) is 13.7. The summed E-state index contributed by atoms with van der Waals surface area (Å²) in [5.41, 5.74) is 0.336. The highest BCUT2D eigenvalue weighted by molar-refractivity contribution is 5.99. The number of hydrogen-bond acceptors (Lipinski definition) is 5. The Morgan fingerprint density at radius 3 is 2.35 bits per heavy atom. The molecule has 2 rings (SSSR count). The third kappa shape index (κ3) is 3.38. The summed E-state index contributed by atoms with van der Waals surface area (Å²) in [7, 11) is 0. The van der Waals surface area contributed by atoms with Gasteiger partial charge in [0.05, 0.1) is 6.61 Å². The van der Waals surface area contributed by atoms with E-state index in [1.165, 1.54) is 12.4 Å². The van der Waals surface area contributed by atoms with E-state index in [-0.39, 0.29) is 12.3 Å². The van der Waals surface area contributed by atoms with Crippen molar-refractivity contribution in [2.24, 2.45) is 0 Å². The number of carboxylic acid groups (broad SMARTS) is 1. The number of nitrogens with zero attached hydrogens (tertiary/aromatic N) is 2. The average molecular weight is 272 g/mol. The molecule has 20 heavy (non-hydrogen) atoms. The van der Waals surface area contributed by atoms with Crippen LogP contribution in [0.15, 0.2) is 42.7 Å². The molecular formula is C14H12N2O4. The van der Waals surface area contributed by atoms with E-state index in [0.717, 1.165) is 5.56 Å². The number of carbonyl (C=O) groups excluding carboxylic acids is 1. The molecule has 1 aromatic heterocycles. The highest BCUT2D eigenvalue weighted by Gasteiger charge is 2.20. The van der Waals surface area contributed by atoms with E-state index in [9.17, 15) is 9.59 Å². The molecule has 0 bridgehead atoms. The van der Waals surface area contributed by atoms with Crippen LogP contribution in [0.3, 0.4) is 0 Å². The van der Waals surface area contributed by atoms with Crippen molar-refractivity contribution in [3.05, 3.63) is 59.7 Å². The Labute approximate surface area is 115 Å². The summed E-state index contributed by atoms with van der Waals surface area (Å²) < 4.78 is 5.02. The van der Waals surface area contributed by atoms with E-state index in [4.69, 9.17) is 9.84 Å². The second-order valence-corrected chi connectivity index (χ2v) is 3.93. The molecular weight excluding hydrogens is 260 g/mol. The lowest BCUT2D eigenvalue weighted by Crippen LogP contribution is -2.16. The van der Waals surface area contributed by atoms with Crippen LogP contribution in [0.25, 0.3) is 0 Å². The fourth-order valence-electron chi connectivity index (χ4n) is 1.62. The molecule has 0 radical (unpaired) electrons. The zero-order valence-electron chi connectivity index (χ0n) is 10.5. The van der Waals surface area contributed by atoms with Crippen molar-refractivity contribution in [1.82, 2.24) is 9.97 Å². The SMILES string of the molecule is O=C(O)c1nccnc1C(=O)OCCc1ccccc1. The Hall–Kier alpha value is -2.76. The van der Waals surface area contributed by atoms with Gasteiger partial charge >= 0.3 is 11.9 Å². The largest absolute Gasteiger partial charge is 0.476 e. The van der Waals surface area contributed by atoms with Crippen LogP contribution >= 0.6 is 0 Å². The van der Waals surface area contributed by atoms with Gasteiger partial charge < -0.3 is 9.84 Å². The summed E-state index contributed by atoms with van der Waals surface area (Å²) >= 11 is 0. The summed E-state index contributed by atoms with van der Waals surface area (Å²) in [5.74, 6) is -2.10. The molecule has 102 valence electrons. The second-order valence-electron chi connectivity index (χ2n) is 3.93. The minimum absolute atomic E-state index is 0.151. The van der Waals surface area contributed by atoms with Gasteiger partial charge in [-0.1, -0.05) is 30.3 Å². The van der Waals surface area contributed by atoms with E-state index < -0.39 is 17.6 Å². The van der Waals surface area contributed by atoms with Gasteiger partial charge in [-0.3, -0.25) is 0 Å². The van der Waals surface area contributed by atoms with E-state index >= 15 is 0 Å². The number of hydrogen-bond donors (Lipinski definition) is 1. The minimum atomic E-state index is -1.31. The standard InChI is InChI=1S/C14H12N2O4/c17-13(18)11-12(16-8-7-15-11)14(19)20-9-6-10-4-2-1-3-5-10/h1-5,7-8H,6,9H2,(H,17,18). The van der Waals surface area contributed by atoms with E-state index in [1.807, 2.05) is 30.3 Å². The van der Waals surface area contributed by atoms with Crippen molar-refractivity contribution >= 4 is 11.9 Å². The molecule has 0 aliphatic rings. The number of ether oxygens (including phenoxy) is 1. The van der Waals surface area contributed by atoms with Crippen molar-refractivity contribution < 1.29 is 19.4 Å². The molecule has 1 heterocycles. The quantitative estimate of drug-likeness (QED) is 0.831. The highest BCUT2D eigenvalue weighted by Crippen LogP contribution is 2.05. The van der Waals surface area contributed by atoms with Gasteiger partial charge in [0.1, 0.15) is 0 Å². The first-order chi connectivity index (χ1) is 9.68. The van der Waals surface area contributed by atoms with Crippen LogP contribution in [0.5, 0.6) is 0 Å². The maximum absolute atomic E-state index is 11.8.